The van der Waals surface area contributed by atoms with Crippen molar-refractivity contribution in [3.8, 4) is 33.4 Å². The van der Waals surface area contributed by atoms with E-state index in [2.05, 4.69) is 276 Å². The molecule has 0 spiro atoms. The lowest BCUT2D eigenvalue weighted by molar-refractivity contribution is 1.13. The summed E-state index contributed by atoms with van der Waals surface area (Å²) in [7, 11) is 4.34. The molecule has 2 aliphatic rings. The van der Waals surface area contributed by atoms with Crippen molar-refractivity contribution in [2.75, 3.05) is 33.7 Å². The molecule has 0 unspecified atom stereocenters. The molecular formula is C66H46N4. The van der Waals surface area contributed by atoms with Gasteiger partial charge in [-0.3, -0.25) is 0 Å². The molecule has 0 fully saturated rings. The van der Waals surface area contributed by atoms with Gasteiger partial charge in [0.05, 0.1) is 45.5 Å². The van der Waals surface area contributed by atoms with Crippen LogP contribution in [0.2, 0.25) is 0 Å². The minimum Gasteiger partial charge on any atom is -0.341 e. The highest BCUT2D eigenvalue weighted by atomic mass is 15.3. The lowest BCUT2D eigenvalue weighted by atomic mass is 9.84. The maximum atomic E-state index is 2.45. The minimum atomic E-state index is 1.11. The fraction of sp³-hybridized carbons (Fsp3) is 0.0303. The second kappa shape index (κ2) is 15.7. The van der Waals surface area contributed by atoms with Crippen molar-refractivity contribution in [2.45, 2.75) is 0 Å². The number of hydrogen-bond acceptors (Lipinski definition) is 4. The van der Waals surface area contributed by atoms with Crippen LogP contribution >= 0.6 is 0 Å². The van der Waals surface area contributed by atoms with E-state index in [9.17, 15) is 0 Å². The number of fused-ring (bicyclic) bond motifs is 8. The predicted molar refractivity (Wildman–Crippen MR) is 298 cm³/mol. The van der Waals surface area contributed by atoms with Gasteiger partial charge < -0.3 is 19.6 Å². The van der Waals surface area contributed by atoms with Crippen LogP contribution in [0.1, 0.15) is 0 Å². The number of nitrogens with zero attached hydrogens (tertiary/aromatic N) is 4. The summed E-state index contributed by atoms with van der Waals surface area (Å²) in [4.78, 5) is 9.51. The number of para-hydroxylation sites is 8. The van der Waals surface area contributed by atoms with Crippen LogP contribution in [-0.2, 0) is 0 Å². The van der Waals surface area contributed by atoms with Crippen LogP contribution < -0.4 is 19.6 Å². The maximum absolute atomic E-state index is 2.45. The Morgan fingerprint density at radius 3 is 1.00 bits per heavy atom. The molecule has 330 valence electrons. The molecule has 4 heteroatoms. The first-order valence-electron chi connectivity index (χ1n) is 24.1. The Morgan fingerprint density at radius 1 is 0.229 bits per heavy atom. The van der Waals surface area contributed by atoms with Gasteiger partial charge in [-0.2, -0.15) is 0 Å². The number of hydrogen-bond donors (Lipinski definition) is 0. The molecule has 0 radical (unpaired) electrons. The zero-order chi connectivity index (χ0) is 46.5. The summed E-state index contributed by atoms with van der Waals surface area (Å²) >= 11 is 0. The molecule has 0 atom stereocenters. The van der Waals surface area contributed by atoms with Crippen molar-refractivity contribution >= 4 is 100.0 Å². The van der Waals surface area contributed by atoms with Gasteiger partial charge in [0.1, 0.15) is 0 Å². The molecular weight excluding hydrogens is 849 g/mol. The third-order valence-electron chi connectivity index (χ3n) is 14.8. The molecule has 0 bridgehead atoms. The topological polar surface area (TPSA) is 13.0 Å². The molecule has 14 rings (SSSR count). The smallest absolute Gasteiger partial charge is 0.0699 e. The molecule has 70 heavy (non-hydrogen) atoms. The van der Waals surface area contributed by atoms with E-state index in [0.717, 1.165) is 34.1 Å². The van der Waals surface area contributed by atoms with Crippen molar-refractivity contribution in [1.29, 1.82) is 0 Å². The third-order valence-corrected chi connectivity index (χ3v) is 14.8. The summed E-state index contributed by atoms with van der Waals surface area (Å²) in [6.07, 6.45) is 0. The number of benzene rings is 12. The summed E-state index contributed by atoms with van der Waals surface area (Å²) in [5.41, 5.74) is 18.7. The van der Waals surface area contributed by atoms with E-state index in [1.54, 1.807) is 0 Å². The Bertz CT molecular complexity index is 3980. The molecule has 2 aliphatic heterocycles. The predicted octanol–water partition coefficient (Wildman–Crippen LogP) is 18.4. The molecule has 4 nitrogen and oxygen atoms in total. The van der Waals surface area contributed by atoms with Crippen LogP contribution in [0.3, 0.4) is 0 Å². The van der Waals surface area contributed by atoms with Crippen molar-refractivity contribution in [3.63, 3.8) is 0 Å². The standard InChI is InChI=1S/C66H46N4/c1-67-57-19-7-11-23-61(57)69(62-24-12-8-20-58(62)67)51-36-38-54-55(41-51)65(46-31-27-45(28-32-46)49-33-29-43-15-3-5-17-47(43)39-49)53-37-35-52(42-56(53)66(54)50-34-30-44-16-4-6-18-48(44)40-50)70-63-25-13-9-21-59(63)68(2)60-22-10-14-26-64(60)70/h3-42H,1-2H3. The van der Waals surface area contributed by atoms with E-state index in [-0.39, 0.29) is 0 Å². The van der Waals surface area contributed by atoms with Gasteiger partial charge in [0, 0.05) is 25.5 Å². The van der Waals surface area contributed by atoms with Gasteiger partial charge in [0.15, 0.2) is 0 Å². The first-order valence-corrected chi connectivity index (χ1v) is 24.1. The Morgan fingerprint density at radius 2 is 0.557 bits per heavy atom. The van der Waals surface area contributed by atoms with E-state index in [0.29, 0.717) is 0 Å². The van der Waals surface area contributed by atoms with Crippen LogP contribution in [0.4, 0.5) is 56.9 Å². The molecule has 2 heterocycles. The highest BCUT2D eigenvalue weighted by Gasteiger charge is 2.30. The normalized spacial score (nSPS) is 12.9. The van der Waals surface area contributed by atoms with Gasteiger partial charge in [-0.15, -0.1) is 0 Å². The van der Waals surface area contributed by atoms with E-state index < -0.39 is 0 Å². The quantitative estimate of drug-likeness (QED) is 0.160. The van der Waals surface area contributed by atoms with Crippen LogP contribution in [0.25, 0.3) is 76.5 Å². The largest absolute Gasteiger partial charge is 0.341 e. The van der Waals surface area contributed by atoms with Gasteiger partial charge in [-0.1, -0.05) is 158 Å². The second-order valence-corrected chi connectivity index (χ2v) is 18.7. The Labute approximate surface area is 407 Å². The maximum Gasteiger partial charge on any atom is 0.0699 e. The van der Waals surface area contributed by atoms with Gasteiger partial charge in [0.2, 0.25) is 0 Å². The number of anilines is 10. The average molecular weight is 895 g/mol. The van der Waals surface area contributed by atoms with Gasteiger partial charge >= 0.3 is 0 Å². The minimum absolute atomic E-state index is 1.11. The van der Waals surface area contributed by atoms with Crippen LogP contribution in [0.5, 0.6) is 0 Å². The molecule has 0 aliphatic carbocycles. The van der Waals surface area contributed by atoms with E-state index in [1.165, 1.54) is 99.2 Å². The van der Waals surface area contributed by atoms with E-state index in [1.807, 2.05) is 0 Å². The van der Waals surface area contributed by atoms with Crippen molar-refractivity contribution < 1.29 is 0 Å². The zero-order valence-corrected chi connectivity index (χ0v) is 38.9. The molecule has 12 aromatic rings. The summed E-state index contributed by atoms with van der Waals surface area (Å²) < 4.78 is 0. The monoisotopic (exact) mass is 894 g/mol. The van der Waals surface area contributed by atoms with Crippen LogP contribution in [-0.4, -0.2) is 14.1 Å². The molecule has 0 saturated heterocycles. The molecule has 0 aromatic heterocycles. The lowest BCUT2D eigenvalue weighted by Crippen LogP contribution is -2.24. The number of rotatable bonds is 5. The SMILES string of the molecule is CN1c2ccccc2N(c2ccc3c(-c4ccc5ccccc5c4)c4cc(N5c6ccccc6N(C)c6ccccc65)ccc4c(-c4ccc(-c5ccc6ccccc6c5)cc4)c3c2)c2ccccc21. The fourth-order valence-electron chi connectivity index (χ4n) is 11.5. The van der Waals surface area contributed by atoms with E-state index in [4.69, 9.17) is 0 Å². The molecule has 12 aromatic carbocycles. The third kappa shape index (κ3) is 6.16. The Hall–Kier alpha value is -9.12. The van der Waals surface area contributed by atoms with Crippen molar-refractivity contribution in [1.82, 2.24) is 0 Å². The van der Waals surface area contributed by atoms with Crippen molar-refractivity contribution in [2.24, 2.45) is 0 Å². The zero-order valence-electron chi connectivity index (χ0n) is 38.9. The van der Waals surface area contributed by atoms with E-state index >= 15 is 0 Å². The van der Waals surface area contributed by atoms with Crippen molar-refractivity contribution in [3.05, 3.63) is 243 Å². The Balaban J connectivity index is 1.06. The van der Waals surface area contributed by atoms with Gasteiger partial charge in [-0.25, -0.2) is 0 Å². The summed E-state index contributed by atoms with van der Waals surface area (Å²) in [5.74, 6) is 0. The van der Waals surface area contributed by atoms with Crippen LogP contribution in [0, 0.1) is 0 Å². The summed E-state index contributed by atoms with van der Waals surface area (Å²) in [5, 5.41) is 9.73. The first-order chi connectivity index (χ1) is 34.6. The summed E-state index contributed by atoms with van der Waals surface area (Å²) in [6.45, 7) is 0. The summed E-state index contributed by atoms with van der Waals surface area (Å²) in [6, 6.07) is 89.7. The molecule has 0 saturated carbocycles. The lowest BCUT2D eigenvalue weighted by Gasteiger charge is -2.39. The molecule has 0 amide bonds. The van der Waals surface area contributed by atoms with Gasteiger partial charge in [0.25, 0.3) is 0 Å². The van der Waals surface area contributed by atoms with Gasteiger partial charge in [-0.05, 0) is 161 Å². The Kier molecular flexibility index (Phi) is 8.99. The highest BCUT2D eigenvalue weighted by Crippen LogP contribution is 2.55. The molecule has 0 N–H and O–H groups in total. The average Bonchev–Trinajstić information content (AvgIpc) is 3.42. The highest BCUT2D eigenvalue weighted by molar-refractivity contribution is 6.23. The second-order valence-electron chi connectivity index (χ2n) is 18.7. The fourth-order valence-corrected chi connectivity index (χ4v) is 11.5. The van der Waals surface area contributed by atoms with Crippen LogP contribution in [0.15, 0.2) is 243 Å². The first kappa shape index (κ1) is 40.0.